The summed E-state index contributed by atoms with van der Waals surface area (Å²) in [5.41, 5.74) is 2.87. The monoisotopic (exact) mass is 414 g/mol. The molecule has 2 aromatic carbocycles. The van der Waals surface area contributed by atoms with Crippen LogP contribution in [0.2, 0.25) is 5.02 Å². The molecule has 1 N–H and O–H groups in total. The Morgan fingerprint density at radius 1 is 1.29 bits per heavy atom. The van der Waals surface area contributed by atoms with Crippen LogP contribution in [0.1, 0.15) is 12.5 Å². The third-order valence-electron chi connectivity index (χ3n) is 4.61. The number of imide groups is 1. The van der Waals surface area contributed by atoms with Gasteiger partial charge < -0.3 is 9.88 Å². The molecule has 6 nitrogen and oxygen atoms in total. The Balaban J connectivity index is 1.66. The highest BCUT2D eigenvalue weighted by atomic mass is 35.5. The van der Waals surface area contributed by atoms with E-state index >= 15 is 0 Å². The van der Waals surface area contributed by atoms with Crippen LogP contribution in [0.5, 0.6) is 0 Å². The second-order valence-electron chi connectivity index (χ2n) is 6.58. The fraction of sp³-hybridized carbons (Fsp3) is 0.250. The van der Waals surface area contributed by atoms with Crippen LogP contribution in [0.4, 0.5) is 4.79 Å². The van der Waals surface area contributed by atoms with Gasteiger partial charge in [-0.15, -0.1) is 0 Å². The molecule has 0 bridgehead atoms. The smallest absolute Gasteiger partial charge is 0.324 e. The molecule has 1 saturated heterocycles. The standard InChI is InChI=1S/C20H19ClN4O2S/c1-13(18(26)24-10-9-22-19(24)27)28-20-23-16-11-15(21)7-8-17(16)25(20)12-14-5-3-2-4-6-14/h2-8,11,13H,9-10,12H2,1H3,(H,22,27)/t13-/m1/s1. The topological polar surface area (TPSA) is 67.2 Å². The van der Waals surface area contributed by atoms with Crippen LogP contribution in [-0.4, -0.2) is 44.7 Å². The first-order chi connectivity index (χ1) is 13.5. The lowest BCUT2D eigenvalue weighted by atomic mass is 10.2. The summed E-state index contributed by atoms with van der Waals surface area (Å²) in [6.45, 7) is 3.33. The summed E-state index contributed by atoms with van der Waals surface area (Å²) < 4.78 is 2.08. The van der Waals surface area contributed by atoms with Gasteiger partial charge in [0.2, 0.25) is 5.91 Å². The van der Waals surface area contributed by atoms with Gasteiger partial charge in [0.15, 0.2) is 5.16 Å². The molecule has 0 spiro atoms. The predicted molar refractivity (Wildman–Crippen MR) is 111 cm³/mol. The molecule has 0 saturated carbocycles. The van der Waals surface area contributed by atoms with E-state index in [0.717, 1.165) is 21.8 Å². The Bertz CT molecular complexity index is 1040. The molecule has 28 heavy (non-hydrogen) atoms. The fourth-order valence-electron chi connectivity index (χ4n) is 3.20. The van der Waals surface area contributed by atoms with Gasteiger partial charge in [-0.1, -0.05) is 53.7 Å². The normalized spacial score (nSPS) is 15.1. The van der Waals surface area contributed by atoms with E-state index in [-0.39, 0.29) is 11.9 Å². The summed E-state index contributed by atoms with van der Waals surface area (Å²) in [6.07, 6.45) is 0. The number of amides is 3. The van der Waals surface area contributed by atoms with E-state index in [4.69, 9.17) is 16.6 Å². The number of fused-ring (bicyclic) bond motifs is 1. The Hall–Kier alpha value is -2.51. The quantitative estimate of drug-likeness (QED) is 0.645. The molecule has 2 heterocycles. The maximum Gasteiger partial charge on any atom is 0.324 e. The molecule has 3 aromatic rings. The molecule has 1 aliphatic heterocycles. The van der Waals surface area contributed by atoms with Crippen molar-refractivity contribution in [1.29, 1.82) is 0 Å². The lowest BCUT2D eigenvalue weighted by Gasteiger charge is -2.17. The van der Waals surface area contributed by atoms with Crippen molar-refractivity contribution in [3.63, 3.8) is 0 Å². The van der Waals surface area contributed by atoms with Crippen molar-refractivity contribution >= 4 is 46.3 Å². The minimum Gasteiger partial charge on any atom is -0.336 e. The van der Waals surface area contributed by atoms with Gasteiger partial charge in [0.1, 0.15) is 0 Å². The number of hydrogen-bond donors (Lipinski definition) is 1. The van der Waals surface area contributed by atoms with E-state index in [1.54, 1.807) is 6.92 Å². The van der Waals surface area contributed by atoms with Crippen molar-refractivity contribution in [2.75, 3.05) is 13.1 Å². The van der Waals surface area contributed by atoms with Crippen molar-refractivity contribution in [1.82, 2.24) is 19.8 Å². The van der Waals surface area contributed by atoms with E-state index in [1.807, 2.05) is 36.4 Å². The number of carbonyl (C=O) groups excluding carboxylic acids is 2. The van der Waals surface area contributed by atoms with Gasteiger partial charge in [-0.25, -0.2) is 9.78 Å². The Labute approximate surface area is 171 Å². The SMILES string of the molecule is C[C@@H](Sc1nc2cc(Cl)ccc2n1Cc1ccccc1)C(=O)N1CCNC1=O. The predicted octanol–water partition coefficient (Wildman–Crippen LogP) is 3.77. The molecule has 0 aliphatic carbocycles. The Kier molecular flexibility index (Phi) is 5.28. The van der Waals surface area contributed by atoms with E-state index in [1.165, 1.54) is 16.7 Å². The van der Waals surface area contributed by atoms with Crippen LogP contribution in [-0.2, 0) is 11.3 Å². The van der Waals surface area contributed by atoms with E-state index in [9.17, 15) is 9.59 Å². The molecule has 1 fully saturated rings. The number of carbonyl (C=O) groups is 2. The first-order valence-corrected chi connectivity index (χ1v) is 10.2. The van der Waals surface area contributed by atoms with Crippen molar-refractivity contribution in [2.24, 2.45) is 0 Å². The van der Waals surface area contributed by atoms with Crippen LogP contribution in [0.15, 0.2) is 53.7 Å². The van der Waals surface area contributed by atoms with Crippen LogP contribution >= 0.6 is 23.4 Å². The average Bonchev–Trinajstić information content (AvgIpc) is 3.25. The van der Waals surface area contributed by atoms with Crippen LogP contribution in [0, 0.1) is 0 Å². The third kappa shape index (κ3) is 3.72. The molecule has 0 unspecified atom stereocenters. The number of nitrogens with zero attached hydrogens (tertiary/aromatic N) is 3. The molecule has 144 valence electrons. The van der Waals surface area contributed by atoms with Gasteiger partial charge in [0, 0.05) is 18.1 Å². The van der Waals surface area contributed by atoms with Crippen molar-refractivity contribution in [3.8, 4) is 0 Å². The maximum absolute atomic E-state index is 12.7. The molecule has 3 amide bonds. The number of imidazole rings is 1. The number of aromatic nitrogens is 2. The van der Waals surface area contributed by atoms with Crippen LogP contribution in [0.25, 0.3) is 11.0 Å². The zero-order valence-corrected chi connectivity index (χ0v) is 16.8. The minimum absolute atomic E-state index is 0.212. The number of hydrogen-bond acceptors (Lipinski definition) is 4. The number of nitrogens with one attached hydrogen (secondary N) is 1. The van der Waals surface area contributed by atoms with E-state index < -0.39 is 5.25 Å². The van der Waals surface area contributed by atoms with Gasteiger partial charge in [-0.05, 0) is 30.7 Å². The Morgan fingerprint density at radius 2 is 2.07 bits per heavy atom. The fourth-order valence-corrected chi connectivity index (χ4v) is 4.35. The summed E-state index contributed by atoms with van der Waals surface area (Å²) in [6, 6.07) is 15.4. The summed E-state index contributed by atoms with van der Waals surface area (Å²) in [4.78, 5) is 30.5. The number of urea groups is 1. The average molecular weight is 415 g/mol. The van der Waals surface area contributed by atoms with Crippen molar-refractivity contribution in [3.05, 3.63) is 59.1 Å². The maximum atomic E-state index is 12.7. The lowest BCUT2D eigenvalue weighted by molar-refractivity contribution is -0.126. The second kappa shape index (κ2) is 7.85. The summed E-state index contributed by atoms with van der Waals surface area (Å²) in [7, 11) is 0. The lowest BCUT2D eigenvalue weighted by Crippen LogP contribution is -2.39. The molecule has 1 aromatic heterocycles. The molecular formula is C20H19ClN4O2S. The highest BCUT2D eigenvalue weighted by Gasteiger charge is 2.31. The van der Waals surface area contributed by atoms with Crippen LogP contribution in [0.3, 0.4) is 0 Å². The highest BCUT2D eigenvalue weighted by molar-refractivity contribution is 8.00. The largest absolute Gasteiger partial charge is 0.336 e. The van der Waals surface area contributed by atoms with Gasteiger partial charge in [0.25, 0.3) is 0 Å². The van der Waals surface area contributed by atoms with Crippen molar-refractivity contribution < 1.29 is 9.59 Å². The molecule has 8 heteroatoms. The summed E-state index contributed by atoms with van der Waals surface area (Å²) >= 11 is 7.49. The zero-order chi connectivity index (χ0) is 19.7. The first-order valence-electron chi connectivity index (χ1n) is 8.98. The highest BCUT2D eigenvalue weighted by Crippen LogP contribution is 2.30. The van der Waals surface area contributed by atoms with Gasteiger partial charge in [-0.2, -0.15) is 0 Å². The summed E-state index contributed by atoms with van der Waals surface area (Å²) in [5.74, 6) is -0.212. The van der Waals surface area contributed by atoms with Crippen molar-refractivity contribution in [2.45, 2.75) is 23.9 Å². The van der Waals surface area contributed by atoms with E-state index in [0.29, 0.717) is 24.7 Å². The van der Waals surface area contributed by atoms with E-state index in [2.05, 4.69) is 22.0 Å². The first kappa shape index (κ1) is 18.8. The van der Waals surface area contributed by atoms with Crippen LogP contribution < -0.4 is 5.32 Å². The number of thioether (sulfide) groups is 1. The zero-order valence-electron chi connectivity index (χ0n) is 15.3. The molecule has 0 radical (unpaired) electrons. The molecular weight excluding hydrogens is 396 g/mol. The molecule has 1 atom stereocenters. The van der Waals surface area contributed by atoms with Gasteiger partial charge >= 0.3 is 6.03 Å². The third-order valence-corrected chi connectivity index (χ3v) is 5.92. The summed E-state index contributed by atoms with van der Waals surface area (Å²) in [5, 5.41) is 3.56. The minimum atomic E-state index is -0.439. The molecule has 1 aliphatic rings. The number of rotatable bonds is 5. The number of benzene rings is 2. The second-order valence-corrected chi connectivity index (χ2v) is 8.33. The molecule has 4 rings (SSSR count). The van der Waals surface area contributed by atoms with Gasteiger partial charge in [-0.3, -0.25) is 9.69 Å². The Morgan fingerprint density at radius 3 is 2.79 bits per heavy atom. The number of halogens is 1. The van der Waals surface area contributed by atoms with Gasteiger partial charge in [0.05, 0.1) is 22.8 Å².